The van der Waals surface area contributed by atoms with Crippen molar-refractivity contribution in [2.75, 3.05) is 11.1 Å². The molecule has 0 bridgehead atoms. The lowest BCUT2D eigenvalue weighted by Gasteiger charge is -2.07. The van der Waals surface area contributed by atoms with Crippen LogP contribution in [0.25, 0.3) is 0 Å². The molecule has 0 radical (unpaired) electrons. The first-order chi connectivity index (χ1) is 13.0. The molecule has 2 aromatic carbocycles. The van der Waals surface area contributed by atoms with Gasteiger partial charge in [0, 0.05) is 24.0 Å². The van der Waals surface area contributed by atoms with E-state index in [1.165, 1.54) is 24.3 Å². The van der Waals surface area contributed by atoms with Gasteiger partial charge in [0.2, 0.25) is 5.91 Å². The van der Waals surface area contributed by atoms with Crippen molar-refractivity contribution in [3.63, 3.8) is 0 Å². The molecule has 0 saturated carbocycles. The molecule has 0 aliphatic rings. The Hall–Kier alpha value is -2.76. The first kappa shape index (κ1) is 20.6. The highest BCUT2D eigenvalue weighted by Crippen LogP contribution is 2.20. The highest BCUT2D eigenvalue weighted by molar-refractivity contribution is 5.96. The quantitative estimate of drug-likeness (QED) is 0.334. The SMILES string of the molecule is Nc1ccccc1NC(=O)CCCCCCC(=O)c1ccc(C(F)F)cc1. The van der Waals surface area contributed by atoms with E-state index in [2.05, 4.69) is 5.32 Å². The van der Waals surface area contributed by atoms with Gasteiger partial charge in [-0.05, 0) is 25.0 Å². The summed E-state index contributed by atoms with van der Waals surface area (Å²) in [5, 5.41) is 2.78. The van der Waals surface area contributed by atoms with Gasteiger partial charge in [-0.2, -0.15) is 0 Å². The van der Waals surface area contributed by atoms with Crippen molar-refractivity contribution in [3.05, 3.63) is 59.7 Å². The van der Waals surface area contributed by atoms with Crippen LogP contribution >= 0.6 is 0 Å². The molecule has 144 valence electrons. The molecule has 0 fully saturated rings. The summed E-state index contributed by atoms with van der Waals surface area (Å²) in [6.45, 7) is 0. The predicted octanol–water partition coefficient (Wildman–Crippen LogP) is 5.37. The molecule has 0 aromatic heterocycles. The van der Waals surface area contributed by atoms with Crippen molar-refractivity contribution in [1.82, 2.24) is 0 Å². The molecule has 2 rings (SSSR count). The maximum atomic E-state index is 12.5. The number of alkyl halides is 2. The van der Waals surface area contributed by atoms with Crippen molar-refractivity contribution in [1.29, 1.82) is 0 Å². The van der Waals surface area contributed by atoms with E-state index in [1.807, 2.05) is 6.07 Å². The van der Waals surface area contributed by atoms with Gasteiger partial charge in [0.05, 0.1) is 11.4 Å². The van der Waals surface area contributed by atoms with Crippen LogP contribution in [-0.2, 0) is 4.79 Å². The monoisotopic (exact) mass is 374 g/mol. The van der Waals surface area contributed by atoms with Gasteiger partial charge in [0.25, 0.3) is 6.43 Å². The maximum absolute atomic E-state index is 12.5. The van der Waals surface area contributed by atoms with Gasteiger partial charge in [-0.1, -0.05) is 49.2 Å². The number of nitrogens with one attached hydrogen (secondary N) is 1. The number of nitrogens with two attached hydrogens (primary N) is 1. The summed E-state index contributed by atoms with van der Waals surface area (Å²) in [4.78, 5) is 23.9. The van der Waals surface area contributed by atoms with Crippen LogP contribution in [0.4, 0.5) is 20.2 Å². The molecule has 0 unspecified atom stereocenters. The molecule has 2 aromatic rings. The van der Waals surface area contributed by atoms with Crippen LogP contribution in [0.3, 0.4) is 0 Å². The number of halogens is 2. The number of ketones is 1. The molecule has 0 aliphatic heterocycles. The summed E-state index contributed by atoms with van der Waals surface area (Å²) in [6.07, 6.45) is 1.37. The molecule has 0 heterocycles. The highest BCUT2D eigenvalue weighted by Gasteiger charge is 2.10. The smallest absolute Gasteiger partial charge is 0.263 e. The predicted molar refractivity (Wildman–Crippen MR) is 103 cm³/mol. The lowest BCUT2D eigenvalue weighted by atomic mass is 10.0. The minimum atomic E-state index is -2.52. The Morgan fingerprint density at radius 1 is 0.889 bits per heavy atom. The molecule has 0 aliphatic carbocycles. The van der Waals surface area contributed by atoms with Crippen molar-refractivity contribution < 1.29 is 18.4 Å². The number of amides is 1. The molecular weight excluding hydrogens is 350 g/mol. The summed E-state index contributed by atoms with van der Waals surface area (Å²) in [6, 6.07) is 12.6. The fourth-order valence-corrected chi connectivity index (χ4v) is 2.71. The van der Waals surface area contributed by atoms with E-state index >= 15 is 0 Å². The number of nitrogen functional groups attached to an aromatic ring is 1. The van der Waals surface area contributed by atoms with Gasteiger partial charge < -0.3 is 11.1 Å². The van der Waals surface area contributed by atoms with Gasteiger partial charge in [0.1, 0.15) is 0 Å². The zero-order chi connectivity index (χ0) is 19.6. The first-order valence-electron chi connectivity index (χ1n) is 9.03. The Morgan fingerprint density at radius 3 is 2.15 bits per heavy atom. The fraction of sp³-hybridized carbons (Fsp3) is 0.333. The van der Waals surface area contributed by atoms with E-state index in [9.17, 15) is 18.4 Å². The molecular formula is C21H24F2N2O2. The first-order valence-corrected chi connectivity index (χ1v) is 9.03. The molecule has 1 amide bonds. The van der Waals surface area contributed by atoms with E-state index < -0.39 is 6.43 Å². The summed E-state index contributed by atoms with van der Waals surface area (Å²) in [5.74, 6) is -0.129. The average Bonchev–Trinajstić information content (AvgIpc) is 2.66. The molecule has 0 spiro atoms. The Labute approximate surface area is 157 Å². The number of hydrogen-bond acceptors (Lipinski definition) is 3. The zero-order valence-electron chi connectivity index (χ0n) is 15.1. The van der Waals surface area contributed by atoms with Crippen LogP contribution in [0.15, 0.2) is 48.5 Å². The van der Waals surface area contributed by atoms with E-state index in [1.54, 1.807) is 18.2 Å². The number of benzene rings is 2. The number of rotatable bonds is 10. The minimum absolute atomic E-state index is 0.0480. The second-order valence-electron chi connectivity index (χ2n) is 6.40. The zero-order valence-corrected chi connectivity index (χ0v) is 15.1. The van der Waals surface area contributed by atoms with E-state index in [0.717, 1.165) is 19.3 Å². The standard InChI is InChI=1S/C21H24F2N2O2/c22-21(23)16-13-11-15(12-14-16)19(26)9-3-1-2-4-10-20(27)25-18-8-6-5-7-17(18)24/h5-8,11-14,21H,1-4,9-10,24H2,(H,25,27). The van der Waals surface area contributed by atoms with Gasteiger partial charge in [-0.25, -0.2) is 8.78 Å². The third kappa shape index (κ3) is 6.81. The molecule has 6 heteroatoms. The van der Waals surface area contributed by atoms with Crippen LogP contribution in [0.2, 0.25) is 0 Å². The number of para-hydroxylation sites is 2. The maximum Gasteiger partial charge on any atom is 0.263 e. The molecule has 0 atom stereocenters. The average molecular weight is 374 g/mol. The number of hydrogen-bond donors (Lipinski definition) is 2. The number of carbonyl (C=O) groups is 2. The van der Waals surface area contributed by atoms with Crippen LogP contribution in [0, 0.1) is 0 Å². The van der Waals surface area contributed by atoms with E-state index in [0.29, 0.717) is 36.2 Å². The molecule has 27 heavy (non-hydrogen) atoms. The lowest BCUT2D eigenvalue weighted by molar-refractivity contribution is -0.116. The van der Waals surface area contributed by atoms with Crippen molar-refractivity contribution in [2.24, 2.45) is 0 Å². The van der Waals surface area contributed by atoms with Gasteiger partial charge in [0.15, 0.2) is 5.78 Å². The molecule has 4 nitrogen and oxygen atoms in total. The second kappa shape index (κ2) is 10.4. The third-order valence-electron chi connectivity index (χ3n) is 4.28. The van der Waals surface area contributed by atoms with Crippen molar-refractivity contribution in [2.45, 2.75) is 45.0 Å². The number of Topliss-reactive ketones (excluding diaryl/α,β-unsaturated/α-hetero) is 1. The topological polar surface area (TPSA) is 72.2 Å². The van der Waals surface area contributed by atoms with Crippen LogP contribution in [0.5, 0.6) is 0 Å². The summed E-state index contributed by atoms with van der Waals surface area (Å²) < 4.78 is 25.0. The number of carbonyl (C=O) groups excluding carboxylic acids is 2. The summed E-state index contributed by atoms with van der Waals surface area (Å²) in [7, 11) is 0. The Morgan fingerprint density at radius 2 is 1.52 bits per heavy atom. The van der Waals surface area contributed by atoms with Gasteiger partial charge in [-0.3, -0.25) is 9.59 Å². The number of anilines is 2. The van der Waals surface area contributed by atoms with Gasteiger partial charge in [-0.15, -0.1) is 0 Å². The van der Waals surface area contributed by atoms with Crippen molar-refractivity contribution in [3.8, 4) is 0 Å². The van der Waals surface area contributed by atoms with E-state index in [-0.39, 0.29) is 17.3 Å². The Balaban J connectivity index is 1.60. The summed E-state index contributed by atoms with van der Waals surface area (Å²) in [5.41, 5.74) is 7.30. The summed E-state index contributed by atoms with van der Waals surface area (Å²) >= 11 is 0. The van der Waals surface area contributed by atoms with Crippen LogP contribution in [0.1, 0.15) is 60.9 Å². The molecule has 3 N–H and O–H groups in total. The van der Waals surface area contributed by atoms with Crippen LogP contribution < -0.4 is 11.1 Å². The Bertz CT molecular complexity index is 761. The third-order valence-corrected chi connectivity index (χ3v) is 4.28. The number of unbranched alkanes of at least 4 members (excludes halogenated alkanes) is 3. The largest absolute Gasteiger partial charge is 0.397 e. The lowest BCUT2D eigenvalue weighted by Crippen LogP contribution is -2.12. The highest BCUT2D eigenvalue weighted by atomic mass is 19.3. The molecule has 0 saturated heterocycles. The minimum Gasteiger partial charge on any atom is -0.397 e. The fourth-order valence-electron chi connectivity index (χ4n) is 2.71. The van der Waals surface area contributed by atoms with Crippen molar-refractivity contribution >= 4 is 23.1 Å². The van der Waals surface area contributed by atoms with E-state index in [4.69, 9.17) is 5.73 Å². The normalized spacial score (nSPS) is 10.8. The Kier molecular flexibility index (Phi) is 7.92. The second-order valence-corrected chi connectivity index (χ2v) is 6.40. The van der Waals surface area contributed by atoms with Gasteiger partial charge >= 0.3 is 0 Å². The van der Waals surface area contributed by atoms with Crippen LogP contribution in [-0.4, -0.2) is 11.7 Å².